The summed E-state index contributed by atoms with van der Waals surface area (Å²) in [6.07, 6.45) is -3.23. The van der Waals surface area contributed by atoms with E-state index in [1.807, 2.05) is 31.2 Å². The van der Waals surface area contributed by atoms with Crippen LogP contribution in [0.2, 0.25) is 0 Å². The van der Waals surface area contributed by atoms with Crippen molar-refractivity contribution in [1.29, 1.82) is 0 Å². The lowest BCUT2D eigenvalue weighted by molar-refractivity contribution is -0.137. The SMILES string of the molecule is Cc1ccc(CNC(=O)n2cc(C(F)(F)F)cn2)cc1. The van der Waals surface area contributed by atoms with E-state index in [9.17, 15) is 18.0 Å². The second-order valence-corrected chi connectivity index (χ2v) is 4.32. The average molecular weight is 283 g/mol. The van der Waals surface area contributed by atoms with Crippen molar-refractivity contribution in [2.24, 2.45) is 0 Å². The number of aryl methyl sites for hydroxylation is 1. The zero-order valence-electron chi connectivity index (χ0n) is 10.6. The Morgan fingerprint density at radius 2 is 1.95 bits per heavy atom. The van der Waals surface area contributed by atoms with E-state index in [2.05, 4.69) is 10.4 Å². The number of aromatic nitrogens is 2. The van der Waals surface area contributed by atoms with E-state index in [4.69, 9.17) is 0 Å². The number of benzene rings is 1. The monoisotopic (exact) mass is 283 g/mol. The van der Waals surface area contributed by atoms with Crippen LogP contribution in [-0.4, -0.2) is 15.8 Å². The van der Waals surface area contributed by atoms with E-state index in [0.29, 0.717) is 17.1 Å². The molecule has 4 nitrogen and oxygen atoms in total. The van der Waals surface area contributed by atoms with Crippen LogP contribution in [0.5, 0.6) is 0 Å². The number of rotatable bonds is 2. The zero-order chi connectivity index (χ0) is 14.8. The van der Waals surface area contributed by atoms with Gasteiger partial charge in [0.25, 0.3) is 0 Å². The molecule has 106 valence electrons. The highest BCUT2D eigenvalue weighted by atomic mass is 19.4. The third kappa shape index (κ3) is 3.37. The Bertz CT molecular complexity index is 602. The summed E-state index contributed by atoms with van der Waals surface area (Å²) in [7, 11) is 0. The molecule has 0 saturated heterocycles. The van der Waals surface area contributed by atoms with Crippen LogP contribution < -0.4 is 5.32 Å². The van der Waals surface area contributed by atoms with Gasteiger partial charge >= 0.3 is 12.2 Å². The first-order valence-corrected chi connectivity index (χ1v) is 5.82. The molecule has 1 heterocycles. The van der Waals surface area contributed by atoms with Crippen molar-refractivity contribution in [3.8, 4) is 0 Å². The van der Waals surface area contributed by atoms with Crippen LogP contribution in [0.3, 0.4) is 0 Å². The van der Waals surface area contributed by atoms with Gasteiger partial charge < -0.3 is 5.32 Å². The van der Waals surface area contributed by atoms with Crippen molar-refractivity contribution in [3.05, 3.63) is 53.3 Å². The predicted octanol–water partition coefficient (Wildman–Crippen LogP) is 2.97. The van der Waals surface area contributed by atoms with Crippen molar-refractivity contribution in [3.63, 3.8) is 0 Å². The highest BCUT2D eigenvalue weighted by molar-refractivity contribution is 5.75. The first-order valence-electron chi connectivity index (χ1n) is 5.82. The molecule has 1 amide bonds. The first kappa shape index (κ1) is 14.1. The Hall–Kier alpha value is -2.31. The van der Waals surface area contributed by atoms with Gasteiger partial charge in [-0.25, -0.2) is 4.79 Å². The Balaban J connectivity index is 1.98. The highest BCUT2D eigenvalue weighted by Crippen LogP contribution is 2.28. The van der Waals surface area contributed by atoms with Crippen LogP contribution in [0.1, 0.15) is 16.7 Å². The minimum absolute atomic E-state index is 0.223. The normalized spacial score (nSPS) is 11.4. The maximum absolute atomic E-state index is 12.4. The first-order chi connectivity index (χ1) is 9.36. The van der Waals surface area contributed by atoms with Crippen LogP contribution >= 0.6 is 0 Å². The van der Waals surface area contributed by atoms with Crippen LogP contribution in [0, 0.1) is 6.92 Å². The average Bonchev–Trinajstić information content (AvgIpc) is 2.87. The Kier molecular flexibility index (Phi) is 3.78. The van der Waals surface area contributed by atoms with Gasteiger partial charge in [0.15, 0.2) is 0 Å². The summed E-state index contributed by atoms with van der Waals surface area (Å²) in [6.45, 7) is 2.16. The maximum atomic E-state index is 12.4. The van der Waals surface area contributed by atoms with Gasteiger partial charge in [-0.2, -0.15) is 23.0 Å². The molecule has 20 heavy (non-hydrogen) atoms. The second-order valence-electron chi connectivity index (χ2n) is 4.32. The minimum atomic E-state index is -4.50. The van der Waals surface area contributed by atoms with Gasteiger partial charge in [-0.3, -0.25) is 0 Å². The summed E-state index contributed by atoms with van der Waals surface area (Å²) in [5.41, 5.74) is 0.983. The van der Waals surface area contributed by atoms with Crippen molar-refractivity contribution < 1.29 is 18.0 Å². The van der Waals surface area contributed by atoms with Crippen molar-refractivity contribution in [2.75, 3.05) is 0 Å². The van der Waals surface area contributed by atoms with Gasteiger partial charge in [0.2, 0.25) is 0 Å². The topological polar surface area (TPSA) is 46.9 Å². The van der Waals surface area contributed by atoms with Crippen molar-refractivity contribution >= 4 is 6.03 Å². The molecule has 0 bridgehead atoms. The summed E-state index contributed by atoms with van der Waals surface area (Å²) in [5, 5.41) is 5.89. The van der Waals surface area contributed by atoms with Gasteiger partial charge in [0.1, 0.15) is 0 Å². The molecule has 1 aromatic carbocycles. The van der Waals surface area contributed by atoms with E-state index < -0.39 is 17.8 Å². The molecule has 0 aliphatic heterocycles. The molecule has 0 fully saturated rings. The highest BCUT2D eigenvalue weighted by Gasteiger charge is 2.32. The molecule has 0 aliphatic rings. The number of nitrogens with one attached hydrogen (secondary N) is 1. The number of nitrogens with zero attached hydrogens (tertiary/aromatic N) is 2. The smallest absolute Gasteiger partial charge is 0.332 e. The molecule has 2 rings (SSSR count). The zero-order valence-corrected chi connectivity index (χ0v) is 10.6. The van der Waals surface area contributed by atoms with Crippen LogP contribution in [0.4, 0.5) is 18.0 Å². The molecular weight excluding hydrogens is 271 g/mol. The van der Waals surface area contributed by atoms with Gasteiger partial charge in [0.05, 0.1) is 11.8 Å². The number of carbonyl (C=O) groups is 1. The summed E-state index contributed by atoms with van der Waals surface area (Å²) in [5.74, 6) is 0. The number of alkyl halides is 3. The van der Waals surface area contributed by atoms with Crippen molar-refractivity contribution in [1.82, 2.24) is 15.1 Å². The van der Waals surface area contributed by atoms with Crippen LogP contribution in [-0.2, 0) is 12.7 Å². The summed E-state index contributed by atoms with van der Waals surface area (Å²) >= 11 is 0. The molecular formula is C13H12F3N3O. The second kappa shape index (κ2) is 5.36. The Labute approximate surface area is 113 Å². The molecule has 0 radical (unpaired) electrons. The quantitative estimate of drug-likeness (QED) is 0.921. The number of hydrogen-bond acceptors (Lipinski definition) is 2. The lowest BCUT2D eigenvalue weighted by atomic mass is 10.1. The number of halogens is 3. The maximum Gasteiger partial charge on any atom is 0.419 e. The standard InChI is InChI=1S/C13H12F3N3O/c1-9-2-4-10(5-3-9)6-17-12(20)19-8-11(7-18-19)13(14,15)16/h2-5,7-8H,6H2,1H3,(H,17,20). The van der Waals surface area contributed by atoms with E-state index >= 15 is 0 Å². The van der Waals surface area contributed by atoms with Gasteiger partial charge in [-0.1, -0.05) is 29.8 Å². The third-order valence-corrected chi connectivity index (χ3v) is 2.68. The third-order valence-electron chi connectivity index (χ3n) is 2.68. The van der Waals surface area contributed by atoms with Crippen LogP contribution in [0.25, 0.3) is 0 Å². The van der Waals surface area contributed by atoms with E-state index in [1.54, 1.807) is 0 Å². The minimum Gasteiger partial charge on any atom is -0.332 e. The van der Waals surface area contributed by atoms with Crippen LogP contribution in [0.15, 0.2) is 36.7 Å². The Morgan fingerprint density at radius 1 is 1.30 bits per heavy atom. The van der Waals surface area contributed by atoms with Crippen molar-refractivity contribution in [2.45, 2.75) is 19.6 Å². The lowest BCUT2D eigenvalue weighted by Gasteiger charge is -2.05. The number of hydrogen-bond donors (Lipinski definition) is 1. The fourth-order valence-corrected chi connectivity index (χ4v) is 1.54. The fraction of sp³-hybridized carbons (Fsp3) is 0.231. The molecule has 0 unspecified atom stereocenters. The molecule has 0 saturated carbocycles. The number of amides is 1. The summed E-state index contributed by atoms with van der Waals surface area (Å²) in [6, 6.07) is 6.73. The summed E-state index contributed by atoms with van der Waals surface area (Å²) < 4.78 is 37.7. The van der Waals surface area contributed by atoms with Gasteiger partial charge in [-0.15, -0.1) is 0 Å². The largest absolute Gasteiger partial charge is 0.419 e. The molecule has 1 aromatic heterocycles. The predicted molar refractivity (Wildman–Crippen MR) is 66.0 cm³/mol. The van der Waals surface area contributed by atoms with Gasteiger partial charge in [0, 0.05) is 12.7 Å². The lowest BCUT2D eigenvalue weighted by Crippen LogP contribution is -2.28. The number of carbonyl (C=O) groups excluding carboxylic acids is 1. The van der Waals surface area contributed by atoms with E-state index in [0.717, 1.165) is 11.1 Å². The molecule has 0 aliphatic carbocycles. The van der Waals surface area contributed by atoms with Gasteiger partial charge in [-0.05, 0) is 12.5 Å². The molecule has 2 aromatic rings. The van der Waals surface area contributed by atoms with E-state index in [-0.39, 0.29) is 6.54 Å². The Morgan fingerprint density at radius 3 is 2.50 bits per heavy atom. The molecule has 1 N–H and O–H groups in total. The van der Waals surface area contributed by atoms with E-state index in [1.165, 1.54) is 0 Å². The molecule has 7 heteroatoms. The molecule has 0 atom stereocenters. The summed E-state index contributed by atoms with van der Waals surface area (Å²) in [4.78, 5) is 11.6. The molecule has 0 spiro atoms. The fourth-order valence-electron chi connectivity index (χ4n) is 1.54.